The molecule has 3 N–H and O–H groups in total. The molecule has 1 amide bonds. The van der Waals surface area contributed by atoms with Crippen molar-refractivity contribution in [3.05, 3.63) is 12.5 Å². The van der Waals surface area contributed by atoms with E-state index in [1.165, 1.54) is 12.5 Å². The highest BCUT2D eigenvalue weighted by Gasteiger charge is 2.38. The zero-order chi connectivity index (χ0) is 11.6. The summed E-state index contributed by atoms with van der Waals surface area (Å²) >= 11 is 0. The summed E-state index contributed by atoms with van der Waals surface area (Å²) in [5.41, 5.74) is 5.97. The van der Waals surface area contributed by atoms with Crippen LogP contribution in [0.25, 0.3) is 0 Å². The Morgan fingerprint density at radius 2 is 2.56 bits per heavy atom. The average Bonchev–Trinajstić information content (AvgIpc) is 2.70. The van der Waals surface area contributed by atoms with Crippen molar-refractivity contribution in [2.24, 2.45) is 11.7 Å². The van der Waals surface area contributed by atoms with Gasteiger partial charge in [-0.1, -0.05) is 24.9 Å². The number of anilines is 1. The third-order valence-electron chi connectivity index (χ3n) is 3.17. The maximum atomic E-state index is 12.0. The van der Waals surface area contributed by atoms with Gasteiger partial charge in [0.15, 0.2) is 0 Å². The normalized spacial score (nSPS) is 30.0. The molecule has 1 aromatic rings. The minimum absolute atomic E-state index is 0.137. The Morgan fingerprint density at radius 1 is 1.75 bits per heavy atom. The third-order valence-corrected chi connectivity index (χ3v) is 3.17. The number of hydrogen-bond donors (Lipinski definition) is 2. The monoisotopic (exact) mass is 223 g/mol. The van der Waals surface area contributed by atoms with Gasteiger partial charge in [0.1, 0.15) is 12.0 Å². The lowest BCUT2D eigenvalue weighted by molar-refractivity contribution is -0.122. The zero-order valence-electron chi connectivity index (χ0n) is 9.40. The minimum atomic E-state index is -0.741. The van der Waals surface area contributed by atoms with Crippen LogP contribution < -0.4 is 11.1 Å². The number of rotatable bonds is 2. The molecule has 0 spiro atoms. The highest BCUT2D eigenvalue weighted by atomic mass is 16.5. The van der Waals surface area contributed by atoms with E-state index in [1.54, 1.807) is 0 Å². The molecule has 1 aliphatic rings. The van der Waals surface area contributed by atoms with Crippen LogP contribution in [-0.2, 0) is 4.79 Å². The molecule has 0 bridgehead atoms. The Balaban J connectivity index is 2.02. The summed E-state index contributed by atoms with van der Waals surface area (Å²) in [6.45, 7) is 2.13. The molecule has 5 heteroatoms. The summed E-state index contributed by atoms with van der Waals surface area (Å²) in [5.74, 6) is 0.370. The van der Waals surface area contributed by atoms with E-state index in [2.05, 4.69) is 21.9 Å². The number of nitrogens with one attached hydrogen (secondary N) is 1. The van der Waals surface area contributed by atoms with Gasteiger partial charge in [-0.2, -0.15) is 0 Å². The van der Waals surface area contributed by atoms with Gasteiger partial charge in [-0.3, -0.25) is 4.79 Å². The fourth-order valence-corrected chi connectivity index (χ4v) is 2.32. The van der Waals surface area contributed by atoms with Crippen LogP contribution in [0.15, 0.2) is 17.0 Å². The van der Waals surface area contributed by atoms with Crippen molar-refractivity contribution in [2.75, 3.05) is 5.32 Å². The van der Waals surface area contributed by atoms with Gasteiger partial charge < -0.3 is 15.6 Å². The Kier molecular flexibility index (Phi) is 2.96. The Bertz CT molecular complexity index is 363. The van der Waals surface area contributed by atoms with E-state index in [0.717, 1.165) is 25.7 Å². The van der Waals surface area contributed by atoms with Crippen LogP contribution in [0.3, 0.4) is 0 Å². The molecule has 16 heavy (non-hydrogen) atoms. The van der Waals surface area contributed by atoms with E-state index in [1.807, 2.05) is 0 Å². The number of nitrogens with zero attached hydrogens (tertiary/aromatic N) is 1. The molecule has 5 nitrogen and oxygen atoms in total. The number of amides is 1. The molecule has 0 saturated heterocycles. The molecule has 0 aromatic carbocycles. The van der Waals surface area contributed by atoms with E-state index in [9.17, 15) is 4.79 Å². The van der Waals surface area contributed by atoms with Gasteiger partial charge in [0.05, 0.1) is 11.7 Å². The first-order valence-corrected chi connectivity index (χ1v) is 5.60. The third kappa shape index (κ3) is 2.24. The van der Waals surface area contributed by atoms with E-state index >= 15 is 0 Å². The van der Waals surface area contributed by atoms with Gasteiger partial charge in [0.2, 0.25) is 5.91 Å². The number of carbonyl (C=O) groups excluding carboxylic acids is 1. The lowest BCUT2D eigenvalue weighted by Crippen LogP contribution is -2.53. The van der Waals surface area contributed by atoms with Crippen molar-refractivity contribution in [1.82, 2.24) is 5.16 Å². The van der Waals surface area contributed by atoms with Crippen LogP contribution in [0.1, 0.15) is 32.6 Å². The number of nitrogens with two attached hydrogens (primary N) is 1. The highest BCUT2D eigenvalue weighted by molar-refractivity contribution is 5.97. The molecule has 1 heterocycles. The fraction of sp³-hybridized carbons (Fsp3) is 0.636. The molecular weight excluding hydrogens is 206 g/mol. The summed E-state index contributed by atoms with van der Waals surface area (Å²) in [7, 11) is 0. The smallest absolute Gasteiger partial charge is 0.244 e. The van der Waals surface area contributed by atoms with E-state index in [-0.39, 0.29) is 5.91 Å². The van der Waals surface area contributed by atoms with Crippen molar-refractivity contribution < 1.29 is 9.32 Å². The van der Waals surface area contributed by atoms with Gasteiger partial charge >= 0.3 is 0 Å². The second-order valence-electron chi connectivity index (χ2n) is 4.72. The quantitative estimate of drug-likeness (QED) is 0.796. The SMILES string of the molecule is CC1CCCC(N)(C(=O)Nc2cnoc2)C1. The molecule has 1 saturated carbocycles. The first kappa shape index (κ1) is 11.1. The van der Waals surface area contributed by atoms with Crippen molar-refractivity contribution in [3.8, 4) is 0 Å². The predicted molar refractivity (Wildman–Crippen MR) is 59.7 cm³/mol. The van der Waals surface area contributed by atoms with Crippen molar-refractivity contribution in [1.29, 1.82) is 0 Å². The van der Waals surface area contributed by atoms with Crippen LogP contribution >= 0.6 is 0 Å². The number of aromatic nitrogens is 1. The molecule has 1 fully saturated rings. The zero-order valence-corrected chi connectivity index (χ0v) is 9.40. The largest absolute Gasteiger partial charge is 0.363 e. The summed E-state index contributed by atoms with van der Waals surface area (Å²) in [5, 5.41) is 6.26. The number of carbonyl (C=O) groups is 1. The first-order chi connectivity index (χ1) is 7.60. The molecule has 0 radical (unpaired) electrons. The average molecular weight is 223 g/mol. The van der Waals surface area contributed by atoms with E-state index in [4.69, 9.17) is 5.73 Å². The second-order valence-corrected chi connectivity index (χ2v) is 4.72. The molecule has 2 unspecified atom stereocenters. The van der Waals surface area contributed by atoms with E-state index < -0.39 is 5.54 Å². The molecule has 1 aromatic heterocycles. The lowest BCUT2D eigenvalue weighted by atomic mass is 9.76. The van der Waals surface area contributed by atoms with Gasteiger partial charge in [-0.25, -0.2) is 0 Å². The summed E-state index contributed by atoms with van der Waals surface area (Å²) < 4.78 is 4.65. The molecule has 88 valence electrons. The second kappa shape index (κ2) is 4.25. The Labute approximate surface area is 94.4 Å². The topological polar surface area (TPSA) is 81.2 Å². The van der Waals surface area contributed by atoms with Crippen LogP contribution in [0.4, 0.5) is 5.69 Å². The Hall–Kier alpha value is -1.36. The highest BCUT2D eigenvalue weighted by Crippen LogP contribution is 2.31. The molecular formula is C11H17N3O2. The van der Waals surface area contributed by atoms with Gasteiger partial charge in [0, 0.05) is 0 Å². The summed E-state index contributed by atoms with van der Waals surface area (Å²) in [6, 6.07) is 0. The number of hydrogen-bond acceptors (Lipinski definition) is 4. The van der Waals surface area contributed by atoms with Gasteiger partial charge in [-0.15, -0.1) is 0 Å². The fourth-order valence-electron chi connectivity index (χ4n) is 2.32. The predicted octanol–water partition coefficient (Wildman–Crippen LogP) is 1.52. The molecule has 2 rings (SSSR count). The molecule has 1 aliphatic carbocycles. The van der Waals surface area contributed by atoms with Crippen LogP contribution in [0, 0.1) is 5.92 Å². The first-order valence-electron chi connectivity index (χ1n) is 5.60. The van der Waals surface area contributed by atoms with Gasteiger partial charge in [0.25, 0.3) is 0 Å². The standard InChI is InChI=1S/C11H17N3O2/c1-8-3-2-4-11(12,5-8)10(15)14-9-6-13-16-7-9/h6-8H,2-5,12H2,1H3,(H,14,15). The summed E-state index contributed by atoms with van der Waals surface area (Å²) in [6.07, 6.45) is 6.51. The maximum absolute atomic E-state index is 12.0. The Morgan fingerprint density at radius 3 is 3.19 bits per heavy atom. The lowest BCUT2D eigenvalue weighted by Gasteiger charge is -2.35. The molecule has 0 aliphatic heterocycles. The van der Waals surface area contributed by atoms with Crippen molar-refractivity contribution >= 4 is 11.6 Å². The van der Waals surface area contributed by atoms with Gasteiger partial charge in [-0.05, 0) is 18.8 Å². The van der Waals surface area contributed by atoms with E-state index in [0.29, 0.717) is 11.6 Å². The van der Waals surface area contributed by atoms with Crippen molar-refractivity contribution in [2.45, 2.75) is 38.1 Å². The van der Waals surface area contributed by atoms with Crippen LogP contribution in [0.2, 0.25) is 0 Å². The summed E-state index contributed by atoms with van der Waals surface area (Å²) in [4.78, 5) is 12.0. The van der Waals surface area contributed by atoms with Crippen LogP contribution in [0.5, 0.6) is 0 Å². The van der Waals surface area contributed by atoms with Crippen molar-refractivity contribution in [3.63, 3.8) is 0 Å². The van der Waals surface area contributed by atoms with Crippen LogP contribution in [-0.4, -0.2) is 16.6 Å². The minimum Gasteiger partial charge on any atom is -0.363 e. The molecule has 2 atom stereocenters. The maximum Gasteiger partial charge on any atom is 0.244 e.